The molecule has 0 saturated carbocycles. The van der Waals surface area contributed by atoms with Crippen molar-refractivity contribution in [2.45, 2.75) is 19.9 Å². The Labute approximate surface area is 82.5 Å². The normalized spacial score (nSPS) is 10.0. The first-order valence-corrected chi connectivity index (χ1v) is 4.30. The van der Waals surface area contributed by atoms with E-state index in [9.17, 15) is 4.79 Å². The van der Waals surface area contributed by atoms with Gasteiger partial charge < -0.3 is 10.1 Å². The standard InChI is InChI=1S/C9H13N3O2/c1-6(2)12-8-5-10-7(4-11-8)9(13)14-3/h4-6H,1-3H3,(H,11,12). The van der Waals surface area contributed by atoms with E-state index in [2.05, 4.69) is 20.0 Å². The number of rotatable bonds is 3. The third kappa shape index (κ3) is 2.69. The molecule has 0 aliphatic rings. The molecule has 0 aliphatic heterocycles. The Morgan fingerprint density at radius 1 is 1.43 bits per heavy atom. The SMILES string of the molecule is COC(=O)c1cnc(NC(C)C)cn1. The van der Waals surface area contributed by atoms with Crippen LogP contribution >= 0.6 is 0 Å². The molecule has 0 fully saturated rings. The van der Waals surface area contributed by atoms with Crippen molar-refractivity contribution >= 4 is 11.8 Å². The number of aromatic nitrogens is 2. The molecule has 0 amide bonds. The number of hydrogen-bond acceptors (Lipinski definition) is 5. The predicted molar refractivity (Wildman–Crippen MR) is 52.1 cm³/mol. The Hall–Kier alpha value is -1.65. The Morgan fingerprint density at radius 2 is 2.14 bits per heavy atom. The number of nitrogens with zero attached hydrogens (tertiary/aromatic N) is 2. The second-order valence-electron chi connectivity index (χ2n) is 3.08. The van der Waals surface area contributed by atoms with Crippen LogP contribution in [-0.4, -0.2) is 29.1 Å². The van der Waals surface area contributed by atoms with Crippen LogP contribution in [0.5, 0.6) is 0 Å². The van der Waals surface area contributed by atoms with Crippen molar-refractivity contribution in [2.24, 2.45) is 0 Å². The Morgan fingerprint density at radius 3 is 2.57 bits per heavy atom. The number of methoxy groups -OCH3 is 1. The van der Waals surface area contributed by atoms with E-state index in [0.717, 1.165) is 0 Å². The molecule has 0 aliphatic carbocycles. The number of carbonyl (C=O) groups is 1. The molecule has 1 aromatic rings. The highest BCUT2D eigenvalue weighted by molar-refractivity contribution is 5.86. The minimum atomic E-state index is -0.478. The van der Waals surface area contributed by atoms with Crippen molar-refractivity contribution in [3.63, 3.8) is 0 Å². The number of hydrogen-bond donors (Lipinski definition) is 1. The van der Waals surface area contributed by atoms with Crippen LogP contribution in [0.2, 0.25) is 0 Å². The minimum absolute atomic E-state index is 0.210. The molecule has 0 unspecified atom stereocenters. The lowest BCUT2D eigenvalue weighted by molar-refractivity contribution is 0.0593. The lowest BCUT2D eigenvalue weighted by Gasteiger charge is -2.07. The van der Waals surface area contributed by atoms with E-state index in [1.54, 1.807) is 0 Å². The molecule has 0 radical (unpaired) electrons. The van der Waals surface area contributed by atoms with E-state index >= 15 is 0 Å². The summed E-state index contributed by atoms with van der Waals surface area (Å²) in [5.41, 5.74) is 0.210. The third-order valence-corrected chi connectivity index (χ3v) is 1.48. The highest BCUT2D eigenvalue weighted by Gasteiger charge is 2.07. The zero-order valence-electron chi connectivity index (χ0n) is 8.44. The molecule has 1 heterocycles. The summed E-state index contributed by atoms with van der Waals surface area (Å²) in [4.78, 5) is 18.9. The van der Waals surface area contributed by atoms with E-state index in [1.807, 2.05) is 13.8 Å². The molecule has 5 heteroatoms. The van der Waals surface area contributed by atoms with Crippen LogP contribution in [0.3, 0.4) is 0 Å². The van der Waals surface area contributed by atoms with E-state index in [1.165, 1.54) is 19.5 Å². The van der Waals surface area contributed by atoms with Gasteiger partial charge in [-0.3, -0.25) is 0 Å². The summed E-state index contributed by atoms with van der Waals surface area (Å²) in [7, 11) is 1.31. The summed E-state index contributed by atoms with van der Waals surface area (Å²) in [5, 5.41) is 3.06. The zero-order chi connectivity index (χ0) is 10.6. The maximum atomic E-state index is 11.0. The zero-order valence-corrected chi connectivity index (χ0v) is 8.44. The topological polar surface area (TPSA) is 64.1 Å². The Balaban J connectivity index is 2.73. The summed E-state index contributed by atoms with van der Waals surface area (Å²) in [5.74, 6) is 0.168. The predicted octanol–water partition coefficient (Wildman–Crippen LogP) is 1.08. The summed E-state index contributed by atoms with van der Waals surface area (Å²) >= 11 is 0. The van der Waals surface area contributed by atoms with Gasteiger partial charge in [-0.1, -0.05) is 0 Å². The molecule has 0 atom stereocenters. The lowest BCUT2D eigenvalue weighted by Crippen LogP contribution is -2.12. The van der Waals surface area contributed by atoms with Gasteiger partial charge in [0.15, 0.2) is 5.69 Å². The van der Waals surface area contributed by atoms with Crippen LogP contribution in [0.4, 0.5) is 5.82 Å². The van der Waals surface area contributed by atoms with Gasteiger partial charge >= 0.3 is 5.97 Å². The molecule has 1 N–H and O–H groups in total. The van der Waals surface area contributed by atoms with Crippen molar-refractivity contribution < 1.29 is 9.53 Å². The highest BCUT2D eigenvalue weighted by Crippen LogP contribution is 2.03. The van der Waals surface area contributed by atoms with Gasteiger partial charge in [-0.2, -0.15) is 0 Å². The van der Waals surface area contributed by atoms with Gasteiger partial charge in [0.2, 0.25) is 0 Å². The van der Waals surface area contributed by atoms with E-state index in [-0.39, 0.29) is 11.7 Å². The summed E-state index contributed by atoms with van der Waals surface area (Å²) in [6.45, 7) is 3.99. The van der Waals surface area contributed by atoms with Crippen molar-refractivity contribution in [3.05, 3.63) is 18.1 Å². The van der Waals surface area contributed by atoms with Crippen LogP contribution in [0, 0.1) is 0 Å². The number of nitrogens with one attached hydrogen (secondary N) is 1. The van der Waals surface area contributed by atoms with Crippen LogP contribution < -0.4 is 5.32 Å². The van der Waals surface area contributed by atoms with E-state index in [0.29, 0.717) is 5.82 Å². The lowest BCUT2D eigenvalue weighted by atomic mass is 10.4. The number of ether oxygens (including phenoxy) is 1. The average Bonchev–Trinajstić information content (AvgIpc) is 2.17. The monoisotopic (exact) mass is 195 g/mol. The van der Waals surface area contributed by atoms with Gasteiger partial charge in [0.05, 0.1) is 19.5 Å². The maximum absolute atomic E-state index is 11.0. The first kappa shape index (κ1) is 10.4. The van der Waals surface area contributed by atoms with Gasteiger partial charge in [0.25, 0.3) is 0 Å². The first-order valence-electron chi connectivity index (χ1n) is 4.30. The fourth-order valence-electron chi connectivity index (χ4n) is 0.908. The largest absolute Gasteiger partial charge is 0.464 e. The van der Waals surface area contributed by atoms with Gasteiger partial charge in [-0.05, 0) is 13.8 Å². The van der Waals surface area contributed by atoms with Crippen molar-refractivity contribution in [1.82, 2.24) is 9.97 Å². The minimum Gasteiger partial charge on any atom is -0.464 e. The van der Waals surface area contributed by atoms with Gasteiger partial charge in [-0.25, -0.2) is 14.8 Å². The Kier molecular flexibility index (Phi) is 3.39. The van der Waals surface area contributed by atoms with Crippen LogP contribution in [0.15, 0.2) is 12.4 Å². The summed E-state index contributed by atoms with van der Waals surface area (Å²) in [6.07, 6.45) is 2.89. The van der Waals surface area contributed by atoms with E-state index in [4.69, 9.17) is 0 Å². The molecule has 14 heavy (non-hydrogen) atoms. The quantitative estimate of drug-likeness (QED) is 0.731. The van der Waals surface area contributed by atoms with E-state index < -0.39 is 5.97 Å². The maximum Gasteiger partial charge on any atom is 0.358 e. The molecule has 76 valence electrons. The Bertz CT molecular complexity index is 308. The first-order chi connectivity index (χ1) is 6.63. The van der Waals surface area contributed by atoms with Crippen LogP contribution in [-0.2, 0) is 4.74 Å². The van der Waals surface area contributed by atoms with Crippen LogP contribution in [0.25, 0.3) is 0 Å². The summed E-state index contributed by atoms with van der Waals surface area (Å²) < 4.78 is 4.50. The smallest absolute Gasteiger partial charge is 0.358 e. The average molecular weight is 195 g/mol. The fourth-order valence-corrected chi connectivity index (χ4v) is 0.908. The van der Waals surface area contributed by atoms with Crippen molar-refractivity contribution in [3.8, 4) is 0 Å². The summed E-state index contributed by atoms with van der Waals surface area (Å²) in [6, 6.07) is 0.285. The molecule has 0 aromatic carbocycles. The molecular formula is C9H13N3O2. The van der Waals surface area contributed by atoms with Gasteiger partial charge in [-0.15, -0.1) is 0 Å². The van der Waals surface area contributed by atoms with Crippen LogP contribution in [0.1, 0.15) is 24.3 Å². The number of carbonyl (C=O) groups excluding carboxylic acids is 1. The molecule has 1 aromatic heterocycles. The molecule has 0 bridgehead atoms. The second kappa shape index (κ2) is 4.55. The van der Waals surface area contributed by atoms with Crippen molar-refractivity contribution in [1.29, 1.82) is 0 Å². The number of anilines is 1. The third-order valence-electron chi connectivity index (χ3n) is 1.48. The fraction of sp³-hybridized carbons (Fsp3) is 0.444. The number of esters is 1. The van der Waals surface area contributed by atoms with Crippen molar-refractivity contribution in [2.75, 3.05) is 12.4 Å². The highest BCUT2D eigenvalue weighted by atomic mass is 16.5. The van der Waals surface area contributed by atoms with Gasteiger partial charge in [0, 0.05) is 6.04 Å². The molecule has 5 nitrogen and oxygen atoms in total. The molecule has 0 saturated heterocycles. The van der Waals surface area contributed by atoms with Gasteiger partial charge in [0.1, 0.15) is 5.82 Å². The molecule has 0 spiro atoms. The second-order valence-corrected chi connectivity index (χ2v) is 3.08. The molecule has 1 rings (SSSR count). The molecular weight excluding hydrogens is 182 g/mol.